The van der Waals surface area contributed by atoms with Gasteiger partial charge in [-0.25, -0.2) is 0 Å². The van der Waals surface area contributed by atoms with E-state index >= 15 is 0 Å². The van der Waals surface area contributed by atoms with Crippen LogP contribution in [-0.4, -0.2) is 26.4 Å². The van der Waals surface area contributed by atoms with Crippen LogP contribution in [0.2, 0.25) is 0 Å². The number of likely N-dealkylation sites (N-methyl/N-ethyl adjacent to an activating group) is 1. The summed E-state index contributed by atoms with van der Waals surface area (Å²) in [7, 11) is 3.59. The Morgan fingerprint density at radius 3 is 2.43 bits per heavy atom. The second-order valence-corrected chi connectivity index (χ2v) is 6.04. The van der Waals surface area contributed by atoms with Gasteiger partial charge in [0.2, 0.25) is 0 Å². The molecule has 3 heteroatoms. The molecule has 0 bridgehead atoms. The second-order valence-electron chi connectivity index (χ2n) is 6.04. The van der Waals surface area contributed by atoms with E-state index in [0.29, 0.717) is 0 Å². The Labute approximate surface area is 129 Å². The van der Waals surface area contributed by atoms with Crippen LogP contribution in [0.5, 0.6) is 5.75 Å². The van der Waals surface area contributed by atoms with Crippen molar-refractivity contribution >= 4 is 0 Å². The third-order valence-electron chi connectivity index (χ3n) is 4.83. The highest BCUT2D eigenvalue weighted by Gasteiger charge is 2.41. The lowest BCUT2D eigenvalue weighted by atomic mass is 9.75. The van der Waals surface area contributed by atoms with Crippen LogP contribution < -0.4 is 10.1 Å². The average Bonchev–Trinajstić information content (AvgIpc) is 2.53. The Bertz CT molecular complexity index is 453. The van der Waals surface area contributed by atoms with Crippen molar-refractivity contribution in [2.45, 2.75) is 57.6 Å². The largest absolute Gasteiger partial charge is 0.497 e. The van der Waals surface area contributed by atoms with E-state index in [1.165, 1.54) is 30.4 Å². The monoisotopic (exact) mass is 291 g/mol. The van der Waals surface area contributed by atoms with Gasteiger partial charge in [0.25, 0.3) is 0 Å². The molecule has 1 N–H and O–H groups in total. The van der Waals surface area contributed by atoms with E-state index in [1.807, 2.05) is 7.11 Å². The van der Waals surface area contributed by atoms with E-state index in [0.717, 1.165) is 25.1 Å². The van der Waals surface area contributed by atoms with Gasteiger partial charge in [-0.3, -0.25) is 0 Å². The van der Waals surface area contributed by atoms with Crippen molar-refractivity contribution in [3.8, 4) is 5.75 Å². The van der Waals surface area contributed by atoms with Crippen LogP contribution in [0, 0.1) is 6.92 Å². The highest BCUT2D eigenvalue weighted by Crippen LogP contribution is 2.42. The van der Waals surface area contributed by atoms with Gasteiger partial charge in [0.1, 0.15) is 5.75 Å². The van der Waals surface area contributed by atoms with Crippen molar-refractivity contribution in [1.82, 2.24) is 5.32 Å². The summed E-state index contributed by atoms with van der Waals surface area (Å²) in [5.74, 6) is 0.918. The minimum Gasteiger partial charge on any atom is -0.497 e. The van der Waals surface area contributed by atoms with Gasteiger partial charge in [0, 0.05) is 7.11 Å². The van der Waals surface area contributed by atoms with Crippen LogP contribution in [0.15, 0.2) is 18.2 Å². The van der Waals surface area contributed by atoms with Crippen molar-refractivity contribution in [1.29, 1.82) is 0 Å². The standard InChI is InChI=1S/C18H29NO2/c1-5-19-17(18(21-4)11-7-6-8-12-18)16-10-9-15(20-3)13-14(16)2/h9-10,13,17,19H,5-8,11-12H2,1-4H3. The number of hydrogen-bond acceptors (Lipinski definition) is 3. The zero-order valence-electron chi connectivity index (χ0n) is 13.9. The SMILES string of the molecule is CCNC(c1ccc(OC)cc1C)C1(OC)CCCCC1. The van der Waals surface area contributed by atoms with Gasteiger partial charge >= 0.3 is 0 Å². The Morgan fingerprint density at radius 1 is 1.19 bits per heavy atom. The zero-order valence-corrected chi connectivity index (χ0v) is 13.9. The van der Waals surface area contributed by atoms with Crippen LogP contribution in [0.1, 0.15) is 56.2 Å². The predicted octanol–water partition coefficient (Wildman–Crippen LogP) is 4.00. The Kier molecular flexibility index (Phi) is 5.65. The average molecular weight is 291 g/mol. The maximum absolute atomic E-state index is 6.07. The fraction of sp³-hybridized carbons (Fsp3) is 0.667. The smallest absolute Gasteiger partial charge is 0.119 e. The number of aryl methyl sites for hydroxylation is 1. The first-order valence-corrected chi connectivity index (χ1v) is 8.10. The number of nitrogens with one attached hydrogen (secondary N) is 1. The fourth-order valence-electron chi connectivity index (χ4n) is 3.64. The lowest BCUT2D eigenvalue weighted by molar-refractivity contribution is -0.0685. The summed E-state index contributed by atoms with van der Waals surface area (Å²) in [6.45, 7) is 5.27. The number of hydrogen-bond donors (Lipinski definition) is 1. The first-order chi connectivity index (χ1) is 10.2. The van der Waals surface area contributed by atoms with Crippen molar-refractivity contribution in [3.63, 3.8) is 0 Å². The summed E-state index contributed by atoms with van der Waals surface area (Å²) in [6, 6.07) is 6.61. The minimum atomic E-state index is -0.0758. The molecule has 1 unspecified atom stereocenters. The second kappa shape index (κ2) is 7.28. The topological polar surface area (TPSA) is 30.5 Å². The van der Waals surface area contributed by atoms with Gasteiger partial charge in [-0.2, -0.15) is 0 Å². The van der Waals surface area contributed by atoms with Crippen molar-refractivity contribution in [3.05, 3.63) is 29.3 Å². The molecule has 1 saturated carbocycles. The molecular weight excluding hydrogens is 262 g/mol. The first kappa shape index (κ1) is 16.3. The van der Waals surface area contributed by atoms with Crippen molar-refractivity contribution < 1.29 is 9.47 Å². The minimum absolute atomic E-state index is 0.0758. The van der Waals surface area contributed by atoms with Crippen LogP contribution in [0.3, 0.4) is 0 Å². The van der Waals surface area contributed by atoms with Gasteiger partial charge in [-0.05, 0) is 49.6 Å². The van der Waals surface area contributed by atoms with E-state index in [1.54, 1.807) is 7.11 Å². The van der Waals surface area contributed by atoms with Crippen LogP contribution in [0.25, 0.3) is 0 Å². The molecule has 1 aromatic carbocycles. The first-order valence-electron chi connectivity index (χ1n) is 8.10. The molecule has 2 rings (SSSR count). The number of benzene rings is 1. The molecule has 0 aromatic heterocycles. The summed E-state index contributed by atoms with van der Waals surface area (Å²) in [6.07, 6.45) is 6.10. The van der Waals surface area contributed by atoms with Crippen LogP contribution >= 0.6 is 0 Å². The predicted molar refractivity (Wildman–Crippen MR) is 87.0 cm³/mol. The van der Waals surface area contributed by atoms with Crippen LogP contribution in [0.4, 0.5) is 0 Å². The molecule has 3 nitrogen and oxygen atoms in total. The molecule has 0 amide bonds. The van der Waals surface area contributed by atoms with Crippen molar-refractivity contribution in [2.24, 2.45) is 0 Å². The Morgan fingerprint density at radius 2 is 1.90 bits per heavy atom. The normalized spacial score (nSPS) is 19.2. The molecule has 1 aliphatic carbocycles. The van der Waals surface area contributed by atoms with E-state index in [2.05, 4.69) is 37.4 Å². The third-order valence-corrected chi connectivity index (χ3v) is 4.83. The van der Waals surface area contributed by atoms with Gasteiger partial charge in [0.15, 0.2) is 0 Å². The van der Waals surface area contributed by atoms with E-state index in [-0.39, 0.29) is 11.6 Å². The molecule has 118 valence electrons. The maximum atomic E-state index is 6.07. The summed E-state index contributed by atoms with van der Waals surface area (Å²) in [4.78, 5) is 0. The Balaban J connectivity index is 2.37. The molecule has 1 atom stereocenters. The molecular formula is C18H29NO2. The molecule has 0 heterocycles. The maximum Gasteiger partial charge on any atom is 0.119 e. The molecule has 1 aliphatic rings. The molecule has 1 aromatic rings. The zero-order chi connectivity index (χ0) is 15.3. The molecule has 1 fully saturated rings. The van der Waals surface area contributed by atoms with E-state index in [9.17, 15) is 0 Å². The lowest BCUT2D eigenvalue weighted by Gasteiger charge is -2.43. The highest BCUT2D eigenvalue weighted by molar-refractivity contribution is 5.38. The lowest BCUT2D eigenvalue weighted by Crippen LogP contribution is -2.47. The Hall–Kier alpha value is -1.06. The highest BCUT2D eigenvalue weighted by atomic mass is 16.5. The fourth-order valence-corrected chi connectivity index (χ4v) is 3.64. The number of ether oxygens (including phenoxy) is 2. The van der Waals surface area contributed by atoms with Gasteiger partial charge in [-0.1, -0.05) is 32.3 Å². The molecule has 0 spiro atoms. The van der Waals surface area contributed by atoms with Gasteiger partial charge in [-0.15, -0.1) is 0 Å². The quantitative estimate of drug-likeness (QED) is 0.859. The summed E-state index contributed by atoms with van der Waals surface area (Å²) < 4.78 is 11.4. The molecule has 21 heavy (non-hydrogen) atoms. The van der Waals surface area contributed by atoms with Gasteiger partial charge in [0.05, 0.1) is 18.8 Å². The van der Waals surface area contributed by atoms with Crippen LogP contribution in [-0.2, 0) is 4.74 Å². The van der Waals surface area contributed by atoms with E-state index < -0.39 is 0 Å². The number of methoxy groups -OCH3 is 2. The summed E-state index contributed by atoms with van der Waals surface area (Å²) in [5.41, 5.74) is 2.52. The number of rotatable bonds is 6. The molecule has 0 saturated heterocycles. The van der Waals surface area contributed by atoms with Gasteiger partial charge < -0.3 is 14.8 Å². The summed E-state index contributed by atoms with van der Waals surface area (Å²) in [5, 5.41) is 3.67. The van der Waals surface area contributed by atoms with Crippen molar-refractivity contribution in [2.75, 3.05) is 20.8 Å². The third kappa shape index (κ3) is 3.41. The summed E-state index contributed by atoms with van der Waals surface area (Å²) >= 11 is 0. The molecule has 0 radical (unpaired) electrons. The molecule has 0 aliphatic heterocycles. The van der Waals surface area contributed by atoms with E-state index in [4.69, 9.17) is 9.47 Å².